The molecule has 212 valence electrons. The maximum atomic E-state index is 9.20. The molecule has 0 amide bonds. The summed E-state index contributed by atoms with van der Waals surface area (Å²) in [5.74, 6) is 6.95. The van der Waals surface area contributed by atoms with E-state index >= 15 is 0 Å². The fourth-order valence-corrected chi connectivity index (χ4v) is 3.22. The molecular formula is C31H54N2O3S. The number of benzene rings is 2. The van der Waals surface area contributed by atoms with Gasteiger partial charge in [0.25, 0.3) is 0 Å². The van der Waals surface area contributed by atoms with Crippen molar-refractivity contribution < 1.29 is 14.6 Å². The van der Waals surface area contributed by atoms with Crippen LogP contribution in [0.15, 0.2) is 36.4 Å². The highest BCUT2D eigenvalue weighted by molar-refractivity contribution is 8.13. The van der Waals surface area contributed by atoms with Gasteiger partial charge in [0.1, 0.15) is 18.1 Å². The summed E-state index contributed by atoms with van der Waals surface area (Å²) in [7, 11) is 3.73. The number of carbonyl (C=O) groups excluding carboxylic acids is 1. The summed E-state index contributed by atoms with van der Waals surface area (Å²) in [6.07, 6.45) is 1.62. The van der Waals surface area contributed by atoms with Gasteiger partial charge in [0.2, 0.25) is 0 Å². The number of nitriles is 1. The Balaban J connectivity index is -0.000000302. The monoisotopic (exact) mass is 534 g/mol. The number of aliphatic hydroxyl groups excluding tert-OH is 1. The van der Waals surface area contributed by atoms with Crippen LogP contribution in [0.1, 0.15) is 78.5 Å². The van der Waals surface area contributed by atoms with Crippen LogP contribution in [0.3, 0.4) is 0 Å². The molecule has 0 radical (unpaired) electrons. The van der Waals surface area contributed by atoms with E-state index in [1.807, 2.05) is 60.7 Å². The molecule has 0 saturated heterocycles. The van der Waals surface area contributed by atoms with Crippen LogP contribution in [0, 0.1) is 18.3 Å². The number of aryl methyl sites for hydroxylation is 1. The zero-order valence-corrected chi connectivity index (χ0v) is 26.2. The van der Waals surface area contributed by atoms with Gasteiger partial charge in [0.05, 0.1) is 12.7 Å². The minimum Gasteiger partial charge on any atom is -0.495 e. The first kappa shape index (κ1) is 41.7. The maximum Gasteiger partial charge on any atom is 0.137 e. The molecule has 37 heavy (non-hydrogen) atoms. The van der Waals surface area contributed by atoms with E-state index in [2.05, 4.69) is 55.4 Å². The largest absolute Gasteiger partial charge is 0.495 e. The lowest BCUT2D eigenvalue weighted by Crippen LogP contribution is -2.01. The van der Waals surface area contributed by atoms with Gasteiger partial charge in [-0.3, -0.25) is 0 Å². The number of nitrogens with zero attached hydrogens (tertiary/aromatic N) is 1. The average Bonchev–Trinajstić information content (AvgIpc) is 2.95. The molecule has 1 atom stereocenters. The van der Waals surface area contributed by atoms with Crippen LogP contribution in [0.5, 0.6) is 5.75 Å². The standard InChI is InChI=1S/C19H21NOS.C3H9N.C3H8O.C2H4O.2C2H6/c1-5-22(4)13-15-6-8-16(9-7-15)17-10-14(2)18(12-20)19(11-17)21-3;1-3-4-2;1-2-3-4;1-2-3;2*1-2/h6-11H,4-5,13H2,1-3H3;4H,3H2,1-2H3;4H,2-3H2,1H3;2H,1H3;2*1-2H3. The van der Waals surface area contributed by atoms with E-state index in [4.69, 9.17) is 14.6 Å². The number of methoxy groups -OCH3 is 1. The van der Waals surface area contributed by atoms with Crippen molar-refractivity contribution in [3.05, 3.63) is 53.1 Å². The summed E-state index contributed by atoms with van der Waals surface area (Å²) >= 11 is 0. The first-order valence-corrected chi connectivity index (χ1v) is 14.9. The second-order valence-electron chi connectivity index (χ2n) is 6.89. The minimum absolute atomic E-state index is 0.202. The van der Waals surface area contributed by atoms with Crippen molar-refractivity contribution >= 4 is 22.6 Å². The Morgan fingerprint density at radius 3 is 1.86 bits per heavy atom. The predicted molar refractivity (Wildman–Crippen MR) is 168 cm³/mol. The van der Waals surface area contributed by atoms with E-state index in [1.165, 1.54) is 12.5 Å². The first-order valence-electron chi connectivity index (χ1n) is 13.1. The highest BCUT2D eigenvalue weighted by Gasteiger charge is 2.09. The van der Waals surface area contributed by atoms with Crippen LogP contribution in [0.2, 0.25) is 0 Å². The normalized spacial score (nSPS) is 9.27. The number of rotatable bonds is 7. The SMILES string of the molecule is C=S(CC)Cc1ccc(-c2cc(C)c(C#N)c(OC)c2)cc1.CC.CC.CC=O.CCCO.CCNC. The second-order valence-corrected chi connectivity index (χ2v) is 8.98. The van der Waals surface area contributed by atoms with Crippen molar-refractivity contribution in [3.8, 4) is 22.9 Å². The molecule has 0 aromatic heterocycles. The van der Waals surface area contributed by atoms with Gasteiger partial charge in [-0.25, -0.2) is 0 Å². The second kappa shape index (κ2) is 31.6. The van der Waals surface area contributed by atoms with Crippen molar-refractivity contribution in [2.45, 2.75) is 74.5 Å². The molecule has 2 aromatic carbocycles. The Bertz CT molecular complexity index is 837. The summed E-state index contributed by atoms with van der Waals surface area (Å²) in [6.45, 7) is 18.9. The summed E-state index contributed by atoms with van der Waals surface area (Å²) < 4.78 is 5.34. The van der Waals surface area contributed by atoms with Gasteiger partial charge in [-0.05, 0) is 74.0 Å². The lowest BCUT2D eigenvalue weighted by molar-refractivity contribution is -0.106. The number of nitrogens with one attached hydrogen (secondary N) is 1. The summed E-state index contributed by atoms with van der Waals surface area (Å²) in [5, 5.41) is 20.0. The number of aldehydes is 1. The van der Waals surface area contributed by atoms with Crippen LogP contribution in [0.25, 0.3) is 11.1 Å². The third kappa shape index (κ3) is 21.3. The zero-order chi connectivity index (χ0) is 29.6. The third-order valence-corrected chi connectivity index (χ3v) is 5.83. The first-order chi connectivity index (χ1) is 17.8. The Hall–Kier alpha value is -2.46. The molecule has 0 bridgehead atoms. The fourth-order valence-electron chi connectivity index (χ4n) is 2.36. The Morgan fingerprint density at radius 1 is 1.08 bits per heavy atom. The van der Waals surface area contributed by atoms with Gasteiger partial charge in [0, 0.05) is 12.4 Å². The van der Waals surface area contributed by atoms with E-state index in [0.29, 0.717) is 17.9 Å². The fraction of sp³-hybridized carbons (Fsp3) is 0.516. The molecule has 5 nitrogen and oxygen atoms in total. The highest BCUT2D eigenvalue weighted by atomic mass is 32.2. The smallest absolute Gasteiger partial charge is 0.137 e. The molecule has 1 unspecified atom stereocenters. The van der Waals surface area contributed by atoms with Gasteiger partial charge >= 0.3 is 0 Å². The van der Waals surface area contributed by atoms with Crippen LogP contribution >= 0.6 is 10.5 Å². The molecule has 0 saturated carbocycles. The number of ether oxygens (including phenoxy) is 1. The van der Waals surface area contributed by atoms with Crippen molar-refractivity contribution in [2.75, 3.05) is 33.1 Å². The van der Waals surface area contributed by atoms with Gasteiger partial charge in [-0.2, -0.15) is 15.7 Å². The van der Waals surface area contributed by atoms with E-state index in [0.717, 1.165) is 47.4 Å². The molecule has 0 aliphatic heterocycles. The van der Waals surface area contributed by atoms with Crippen LogP contribution in [0.4, 0.5) is 0 Å². The molecular weight excluding hydrogens is 480 g/mol. The Kier molecular flexibility index (Phi) is 35.5. The van der Waals surface area contributed by atoms with Gasteiger partial charge in [-0.15, -0.1) is 0 Å². The topological polar surface area (TPSA) is 82.3 Å². The number of aliphatic hydroxyl groups is 1. The predicted octanol–water partition coefficient (Wildman–Crippen LogP) is 7.64. The highest BCUT2D eigenvalue weighted by Crippen LogP contribution is 2.30. The lowest BCUT2D eigenvalue weighted by atomic mass is 9.98. The molecule has 0 heterocycles. The van der Waals surface area contributed by atoms with Crippen molar-refractivity contribution in [2.24, 2.45) is 0 Å². The summed E-state index contributed by atoms with van der Waals surface area (Å²) in [4.78, 5) is 8.81. The quantitative estimate of drug-likeness (QED) is 0.282. The van der Waals surface area contributed by atoms with E-state index in [-0.39, 0.29) is 10.5 Å². The van der Waals surface area contributed by atoms with Crippen molar-refractivity contribution in [1.82, 2.24) is 5.32 Å². The molecule has 6 heteroatoms. The van der Waals surface area contributed by atoms with Gasteiger partial charge in [0.15, 0.2) is 0 Å². The Labute approximate surface area is 231 Å². The molecule has 0 spiro atoms. The molecule has 2 rings (SSSR count). The van der Waals surface area contributed by atoms with Crippen molar-refractivity contribution in [3.63, 3.8) is 0 Å². The number of hydrogen-bond acceptors (Lipinski definition) is 5. The number of hydrogen-bond donors (Lipinski definition) is 2. The molecule has 2 aromatic rings. The van der Waals surface area contributed by atoms with E-state index in [1.54, 1.807) is 7.11 Å². The van der Waals surface area contributed by atoms with Gasteiger partial charge < -0.3 is 20.0 Å². The maximum absolute atomic E-state index is 9.20. The van der Waals surface area contributed by atoms with E-state index < -0.39 is 0 Å². The lowest BCUT2D eigenvalue weighted by Gasteiger charge is -2.11. The molecule has 0 aliphatic carbocycles. The molecule has 0 aliphatic rings. The van der Waals surface area contributed by atoms with Crippen LogP contribution in [-0.2, 0) is 10.5 Å². The van der Waals surface area contributed by atoms with E-state index in [9.17, 15) is 5.26 Å². The third-order valence-electron chi connectivity index (χ3n) is 4.27. The minimum atomic E-state index is 0.202. The van der Waals surface area contributed by atoms with Gasteiger partial charge in [-0.1, -0.05) is 78.6 Å². The zero-order valence-electron chi connectivity index (χ0n) is 25.4. The van der Waals surface area contributed by atoms with Crippen LogP contribution < -0.4 is 10.1 Å². The van der Waals surface area contributed by atoms with Crippen LogP contribution in [-0.4, -0.2) is 50.3 Å². The summed E-state index contributed by atoms with van der Waals surface area (Å²) in [6, 6.07) is 14.7. The van der Waals surface area contributed by atoms with Crippen molar-refractivity contribution in [1.29, 1.82) is 5.26 Å². The number of carbonyl (C=O) groups is 1. The molecule has 2 N–H and O–H groups in total. The summed E-state index contributed by atoms with van der Waals surface area (Å²) in [5.41, 5.74) is 5.07. The molecule has 0 fully saturated rings. The average molecular weight is 535 g/mol. The Morgan fingerprint density at radius 2 is 1.54 bits per heavy atom.